The second-order valence-electron chi connectivity index (χ2n) is 4.87. The van der Waals surface area contributed by atoms with Crippen molar-refractivity contribution in [3.05, 3.63) is 76.3 Å². The van der Waals surface area contributed by atoms with E-state index in [1.54, 1.807) is 24.3 Å². The predicted molar refractivity (Wildman–Crippen MR) is 92.1 cm³/mol. The van der Waals surface area contributed by atoms with E-state index in [4.69, 9.17) is 28.9 Å². The molecule has 0 aliphatic carbocycles. The molecule has 0 aliphatic rings. The van der Waals surface area contributed by atoms with E-state index < -0.39 is 11.7 Å². The van der Waals surface area contributed by atoms with E-state index in [1.165, 1.54) is 24.3 Å². The van der Waals surface area contributed by atoms with Gasteiger partial charge >= 0.3 is 6.18 Å². The lowest BCUT2D eigenvalue weighted by atomic mass is 10.1. The van der Waals surface area contributed by atoms with Crippen LogP contribution in [0.3, 0.4) is 0 Å². The van der Waals surface area contributed by atoms with Crippen LogP contribution >= 0.6 is 23.2 Å². The Morgan fingerprint density at radius 1 is 1.08 bits per heavy atom. The van der Waals surface area contributed by atoms with E-state index in [2.05, 4.69) is 4.99 Å². The number of hydrogen-bond acceptors (Lipinski definition) is 2. The van der Waals surface area contributed by atoms with Gasteiger partial charge in [0.05, 0.1) is 12.1 Å². The third-order valence-electron chi connectivity index (χ3n) is 3.18. The van der Waals surface area contributed by atoms with Gasteiger partial charge in [0.2, 0.25) is 0 Å². The predicted octanol–water partition coefficient (Wildman–Crippen LogP) is 5.50. The second kappa shape index (κ2) is 7.73. The number of alkyl halides is 3. The van der Waals surface area contributed by atoms with Crippen molar-refractivity contribution in [3.63, 3.8) is 0 Å². The zero-order valence-electron chi connectivity index (χ0n) is 12.3. The topological polar surface area (TPSA) is 38.4 Å². The molecule has 2 rings (SSSR count). The Bertz CT molecular complexity index is 783. The molecule has 0 atom stereocenters. The Hall–Kier alpha value is -1.98. The molecule has 0 spiro atoms. The second-order valence-corrected chi connectivity index (χ2v) is 5.67. The van der Waals surface area contributed by atoms with Crippen LogP contribution in [0.5, 0.6) is 0 Å². The summed E-state index contributed by atoms with van der Waals surface area (Å²) in [6, 6.07) is 12.1. The first kappa shape index (κ1) is 18.4. The maximum absolute atomic E-state index is 12.9. The van der Waals surface area contributed by atoms with Gasteiger partial charge in [-0.3, -0.25) is 4.99 Å². The quantitative estimate of drug-likeness (QED) is 0.707. The summed E-state index contributed by atoms with van der Waals surface area (Å²) in [6.07, 6.45) is -3.08. The molecule has 2 N–H and O–H groups in total. The molecule has 0 saturated carbocycles. The lowest BCUT2D eigenvalue weighted by molar-refractivity contribution is -0.138. The molecule has 0 aromatic heterocycles. The third-order valence-corrected chi connectivity index (χ3v) is 3.74. The first-order valence-corrected chi connectivity index (χ1v) is 7.61. The van der Waals surface area contributed by atoms with Crippen LogP contribution in [0.2, 0.25) is 5.02 Å². The minimum absolute atomic E-state index is 0.00982. The van der Waals surface area contributed by atoms with Crippen molar-refractivity contribution in [2.75, 3.05) is 0 Å². The van der Waals surface area contributed by atoms with Gasteiger partial charge in [0.15, 0.2) is 0 Å². The lowest BCUT2D eigenvalue weighted by Crippen LogP contribution is -2.08. The summed E-state index contributed by atoms with van der Waals surface area (Å²) >= 11 is 12.0. The van der Waals surface area contributed by atoms with E-state index in [-0.39, 0.29) is 23.0 Å². The highest BCUT2D eigenvalue weighted by atomic mass is 35.5. The van der Waals surface area contributed by atoms with E-state index >= 15 is 0 Å². The fourth-order valence-electron chi connectivity index (χ4n) is 2.04. The molecule has 2 nitrogen and oxygen atoms in total. The fraction of sp³-hybridized carbons (Fsp3) is 0.118. The van der Waals surface area contributed by atoms with Crippen LogP contribution in [-0.4, -0.2) is 5.17 Å². The molecule has 7 heteroatoms. The molecular weight excluding hydrogens is 360 g/mol. The van der Waals surface area contributed by atoms with Gasteiger partial charge in [0.25, 0.3) is 0 Å². The van der Waals surface area contributed by atoms with E-state index in [0.29, 0.717) is 10.6 Å². The summed E-state index contributed by atoms with van der Waals surface area (Å²) in [5.74, 6) is 0. The van der Waals surface area contributed by atoms with Gasteiger partial charge in [-0.2, -0.15) is 13.2 Å². The van der Waals surface area contributed by atoms with Crippen molar-refractivity contribution in [1.82, 2.24) is 0 Å². The molecule has 126 valence electrons. The number of nitrogens with two attached hydrogens (primary N) is 1. The van der Waals surface area contributed by atoms with Crippen molar-refractivity contribution < 1.29 is 13.2 Å². The molecule has 0 aliphatic heterocycles. The van der Waals surface area contributed by atoms with Crippen molar-refractivity contribution in [2.45, 2.75) is 12.7 Å². The molecule has 2 aromatic carbocycles. The first-order chi connectivity index (χ1) is 11.3. The molecule has 0 unspecified atom stereocenters. The van der Waals surface area contributed by atoms with Crippen LogP contribution in [0.15, 0.2) is 59.6 Å². The average Bonchev–Trinajstić information content (AvgIpc) is 2.52. The van der Waals surface area contributed by atoms with Crippen molar-refractivity contribution >= 4 is 34.1 Å². The maximum atomic E-state index is 12.9. The number of benzene rings is 2. The van der Waals surface area contributed by atoms with Crippen molar-refractivity contribution in [3.8, 4) is 0 Å². The molecular formula is C17H13Cl2F3N2. The van der Waals surface area contributed by atoms with Crippen LogP contribution in [0.1, 0.15) is 16.7 Å². The molecule has 0 amide bonds. The molecule has 0 bridgehead atoms. The fourth-order valence-corrected chi connectivity index (χ4v) is 2.46. The summed E-state index contributed by atoms with van der Waals surface area (Å²) in [4.78, 5) is 3.95. The molecule has 0 heterocycles. The summed E-state index contributed by atoms with van der Waals surface area (Å²) in [7, 11) is 0. The summed E-state index contributed by atoms with van der Waals surface area (Å²) in [5, 5.41) is 0.433. The number of halogens is 5. The number of aliphatic imine (C=N–C) groups is 1. The molecule has 0 saturated heterocycles. The first-order valence-electron chi connectivity index (χ1n) is 6.86. The van der Waals surface area contributed by atoms with Crippen LogP contribution in [0.4, 0.5) is 13.2 Å². The highest BCUT2D eigenvalue weighted by molar-refractivity contribution is 6.68. The van der Waals surface area contributed by atoms with Crippen LogP contribution in [0, 0.1) is 0 Å². The van der Waals surface area contributed by atoms with Crippen molar-refractivity contribution in [2.24, 2.45) is 10.7 Å². The number of rotatable bonds is 4. The minimum atomic E-state index is -4.44. The van der Waals surface area contributed by atoms with E-state index in [1.807, 2.05) is 0 Å². The zero-order chi connectivity index (χ0) is 17.7. The van der Waals surface area contributed by atoms with Gasteiger partial charge in [-0.25, -0.2) is 0 Å². The maximum Gasteiger partial charge on any atom is 0.416 e. The Labute approximate surface area is 147 Å². The summed E-state index contributed by atoms with van der Waals surface area (Å²) in [5.41, 5.74) is 6.05. The Morgan fingerprint density at radius 2 is 1.71 bits per heavy atom. The SMILES string of the molecule is N/C(=C\C(Cl)=NCc1ccccc1C(F)(F)F)c1ccccc1Cl. The van der Waals surface area contributed by atoms with Crippen LogP contribution < -0.4 is 5.73 Å². The molecule has 2 aromatic rings. The van der Waals surface area contributed by atoms with E-state index in [0.717, 1.165) is 6.07 Å². The highest BCUT2D eigenvalue weighted by Crippen LogP contribution is 2.32. The van der Waals surface area contributed by atoms with Crippen LogP contribution in [-0.2, 0) is 12.7 Å². The Morgan fingerprint density at radius 3 is 2.38 bits per heavy atom. The Kier molecular flexibility index (Phi) is 5.91. The molecule has 0 fully saturated rings. The minimum Gasteiger partial charge on any atom is -0.398 e. The standard InChI is InChI=1S/C17H13Cl2F3N2/c18-14-8-4-2-6-12(14)15(23)9-16(19)24-10-11-5-1-3-7-13(11)17(20,21)22/h1-9H,10,23H2/b15-9-,24-16?. The van der Waals surface area contributed by atoms with E-state index in [9.17, 15) is 13.2 Å². The normalized spacial score (nSPS) is 13.2. The summed E-state index contributed by atoms with van der Waals surface area (Å²) < 4.78 is 38.8. The van der Waals surface area contributed by atoms with Gasteiger partial charge in [0, 0.05) is 16.3 Å². The van der Waals surface area contributed by atoms with Gasteiger partial charge in [-0.15, -0.1) is 0 Å². The smallest absolute Gasteiger partial charge is 0.398 e. The Balaban J connectivity index is 2.22. The van der Waals surface area contributed by atoms with Gasteiger partial charge in [0.1, 0.15) is 5.17 Å². The largest absolute Gasteiger partial charge is 0.416 e. The third kappa shape index (κ3) is 4.76. The zero-order valence-corrected chi connectivity index (χ0v) is 13.8. The lowest BCUT2D eigenvalue weighted by Gasteiger charge is -2.10. The van der Waals surface area contributed by atoms with Gasteiger partial charge in [-0.05, 0) is 23.8 Å². The highest BCUT2D eigenvalue weighted by Gasteiger charge is 2.32. The summed E-state index contributed by atoms with van der Waals surface area (Å²) in [6.45, 7) is -0.208. The van der Waals surface area contributed by atoms with Gasteiger partial charge in [-0.1, -0.05) is 59.6 Å². The van der Waals surface area contributed by atoms with Crippen LogP contribution in [0.25, 0.3) is 5.70 Å². The monoisotopic (exact) mass is 372 g/mol. The number of allylic oxidation sites excluding steroid dienone is 1. The molecule has 0 radical (unpaired) electrons. The number of hydrogen-bond donors (Lipinski definition) is 1. The number of nitrogens with zero attached hydrogens (tertiary/aromatic N) is 1. The molecule has 24 heavy (non-hydrogen) atoms. The average molecular weight is 373 g/mol. The van der Waals surface area contributed by atoms with Crippen molar-refractivity contribution in [1.29, 1.82) is 0 Å². The van der Waals surface area contributed by atoms with Gasteiger partial charge < -0.3 is 5.73 Å².